The molecule has 0 aromatic heterocycles. The van der Waals surface area contributed by atoms with Gasteiger partial charge in [-0.3, -0.25) is 4.79 Å². The topological polar surface area (TPSA) is 59.6 Å². The zero-order valence-electron chi connectivity index (χ0n) is 14.6. The van der Waals surface area contributed by atoms with Gasteiger partial charge in [-0.05, 0) is 38.0 Å². The van der Waals surface area contributed by atoms with Crippen LogP contribution >= 0.6 is 11.8 Å². The van der Waals surface area contributed by atoms with Gasteiger partial charge < -0.3 is 20.1 Å². The van der Waals surface area contributed by atoms with Gasteiger partial charge in [0.05, 0.1) is 13.2 Å². The second-order valence-corrected chi connectivity index (χ2v) is 6.83. The van der Waals surface area contributed by atoms with E-state index in [-0.39, 0.29) is 5.91 Å². The second-order valence-electron chi connectivity index (χ2n) is 5.68. The summed E-state index contributed by atoms with van der Waals surface area (Å²) >= 11 is 1.91. The first kappa shape index (κ1) is 18.9. The maximum absolute atomic E-state index is 12.0. The molecule has 6 heteroatoms. The quantitative estimate of drug-likeness (QED) is 0.714. The highest BCUT2D eigenvalue weighted by Crippen LogP contribution is 2.28. The number of nitrogens with one attached hydrogen (secondary N) is 2. The van der Waals surface area contributed by atoms with Crippen LogP contribution in [0.15, 0.2) is 18.2 Å². The highest BCUT2D eigenvalue weighted by atomic mass is 32.2. The molecule has 1 aliphatic rings. The van der Waals surface area contributed by atoms with E-state index in [9.17, 15) is 4.79 Å². The molecule has 1 unspecified atom stereocenters. The average molecular weight is 353 g/mol. The van der Waals surface area contributed by atoms with E-state index in [0.29, 0.717) is 32.2 Å². The smallest absolute Gasteiger partial charge is 0.221 e. The van der Waals surface area contributed by atoms with Gasteiger partial charge in [-0.1, -0.05) is 6.07 Å². The molecule has 1 aromatic carbocycles. The van der Waals surface area contributed by atoms with E-state index in [1.165, 1.54) is 0 Å². The molecule has 1 aliphatic heterocycles. The third kappa shape index (κ3) is 6.24. The molecule has 0 aliphatic carbocycles. The van der Waals surface area contributed by atoms with Crippen molar-refractivity contribution in [3.05, 3.63) is 23.8 Å². The molecular formula is C18H28N2O3S. The van der Waals surface area contributed by atoms with Gasteiger partial charge >= 0.3 is 0 Å². The number of carbonyl (C=O) groups excluding carboxylic acids is 1. The number of carbonyl (C=O) groups is 1. The molecule has 5 nitrogen and oxygen atoms in total. The summed E-state index contributed by atoms with van der Waals surface area (Å²) in [6, 6.07) is 6.27. The van der Waals surface area contributed by atoms with Crippen LogP contribution in [-0.2, 0) is 11.2 Å². The zero-order valence-corrected chi connectivity index (χ0v) is 15.4. The first-order valence-electron chi connectivity index (χ1n) is 8.69. The zero-order chi connectivity index (χ0) is 17.2. The van der Waals surface area contributed by atoms with E-state index in [1.54, 1.807) is 0 Å². The SMILES string of the molecule is CCOc1ccc(CCNC(=O)CC2CSCCN2)cc1OCC. The molecule has 1 heterocycles. The number of hydrogen-bond acceptors (Lipinski definition) is 5. The van der Waals surface area contributed by atoms with Gasteiger partial charge in [0.25, 0.3) is 0 Å². The van der Waals surface area contributed by atoms with Crippen molar-refractivity contribution in [3.8, 4) is 11.5 Å². The lowest BCUT2D eigenvalue weighted by atomic mass is 10.1. The van der Waals surface area contributed by atoms with Crippen LogP contribution in [-0.4, -0.2) is 49.8 Å². The van der Waals surface area contributed by atoms with Crippen molar-refractivity contribution in [3.63, 3.8) is 0 Å². The largest absolute Gasteiger partial charge is 0.490 e. The summed E-state index contributed by atoms with van der Waals surface area (Å²) in [7, 11) is 0. The molecule has 1 fully saturated rings. The lowest BCUT2D eigenvalue weighted by molar-refractivity contribution is -0.121. The Bertz CT molecular complexity index is 519. The maximum atomic E-state index is 12.0. The van der Waals surface area contributed by atoms with Crippen LogP contribution in [0.1, 0.15) is 25.8 Å². The Morgan fingerprint density at radius 2 is 2.08 bits per heavy atom. The molecule has 0 radical (unpaired) electrons. The minimum atomic E-state index is 0.117. The fraction of sp³-hybridized carbons (Fsp3) is 0.611. The summed E-state index contributed by atoms with van der Waals surface area (Å²) < 4.78 is 11.2. The lowest BCUT2D eigenvalue weighted by Gasteiger charge is -2.22. The Hall–Kier alpha value is -1.40. The number of benzene rings is 1. The molecule has 1 saturated heterocycles. The van der Waals surface area contributed by atoms with E-state index < -0.39 is 0 Å². The van der Waals surface area contributed by atoms with E-state index in [4.69, 9.17) is 9.47 Å². The van der Waals surface area contributed by atoms with Crippen LogP contribution in [0.5, 0.6) is 11.5 Å². The number of rotatable bonds is 9. The third-order valence-corrected chi connectivity index (χ3v) is 4.90. The van der Waals surface area contributed by atoms with Crippen LogP contribution < -0.4 is 20.1 Å². The van der Waals surface area contributed by atoms with Gasteiger partial charge in [0.15, 0.2) is 11.5 Å². The maximum Gasteiger partial charge on any atom is 0.221 e. The Balaban J connectivity index is 1.78. The predicted octanol–water partition coefficient (Wildman–Crippen LogP) is 2.24. The second kappa shape index (κ2) is 10.5. The Morgan fingerprint density at radius 1 is 1.29 bits per heavy atom. The minimum Gasteiger partial charge on any atom is -0.490 e. The van der Waals surface area contributed by atoms with Gasteiger partial charge in [0.2, 0.25) is 5.91 Å². The third-order valence-electron chi connectivity index (χ3n) is 3.77. The molecule has 0 saturated carbocycles. The van der Waals surface area contributed by atoms with Gasteiger partial charge in [-0.2, -0.15) is 11.8 Å². The summed E-state index contributed by atoms with van der Waals surface area (Å²) in [6.45, 7) is 6.77. The molecule has 24 heavy (non-hydrogen) atoms. The highest BCUT2D eigenvalue weighted by molar-refractivity contribution is 7.99. The van der Waals surface area contributed by atoms with Crippen LogP contribution in [0, 0.1) is 0 Å². The first-order chi connectivity index (χ1) is 11.7. The summed E-state index contributed by atoms with van der Waals surface area (Å²) in [5.74, 6) is 3.81. The van der Waals surface area contributed by atoms with Crippen molar-refractivity contribution in [1.82, 2.24) is 10.6 Å². The average Bonchev–Trinajstić information content (AvgIpc) is 2.58. The molecule has 1 aromatic rings. The summed E-state index contributed by atoms with van der Waals surface area (Å²) in [4.78, 5) is 12.0. The van der Waals surface area contributed by atoms with Crippen LogP contribution in [0.25, 0.3) is 0 Å². The number of thioether (sulfide) groups is 1. The lowest BCUT2D eigenvalue weighted by Crippen LogP contribution is -2.41. The Labute approximate surface area is 148 Å². The molecule has 2 rings (SSSR count). The van der Waals surface area contributed by atoms with Gasteiger partial charge in [0.1, 0.15) is 0 Å². The van der Waals surface area contributed by atoms with Gasteiger partial charge in [0, 0.05) is 37.1 Å². The molecular weight excluding hydrogens is 324 g/mol. The van der Waals surface area contributed by atoms with E-state index in [1.807, 2.05) is 43.8 Å². The molecule has 1 amide bonds. The Kier molecular flexibility index (Phi) is 8.25. The normalized spacial score (nSPS) is 17.3. The summed E-state index contributed by atoms with van der Waals surface area (Å²) in [6.07, 6.45) is 1.34. The fourth-order valence-electron chi connectivity index (χ4n) is 2.64. The van der Waals surface area contributed by atoms with Crippen LogP contribution in [0.2, 0.25) is 0 Å². The Morgan fingerprint density at radius 3 is 2.79 bits per heavy atom. The van der Waals surface area contributed by atoms with Gasteiger partial charge in [-0.25, -0.2) is 0 Å². The number of ether oxygens (including phenoxy) is 2. The first-order valence-corrected chi connectivity index (χ1v) is 9.84. The van der Waals surface area contributed by atoms with E-state index in [2.05, 4.69) is 10.6 Å². The molecule has 2 N–H and O–H groups in total. The van der Waals surface area contributed by atoms with Crippen molar-refractivity contribution < 1.29 is 14.3 Å². The predicted molar refractivity (Wildman–Crippen MR) is 99.2 cm³/mol. The molecule has 0 bridgehead atoms. The fourth-order valence-corrected chi connectivity index (χ4v) is 3.59. The number of amides is 1. The highest BCUT2D eigenvalue weighted by Gasteiger charge is 2.16. The minimum absolute atomic E-state index is 0.117. The van der Waals surface area contributed by atoms with Crippen LogP contribution in [0.3, 0.4) is 0 Å². The van der Waals surface area contributed by atoms with Crippen molar-refractivity contribution in [2.45, 2.75) is 32.7 Å². The standard InChI is InChI=1S/C18H28N2O3S/c1-3-22-16-6-5-14(11-17(16)23-4-2)7-8-20-18(21)12-15-13-24-10-9-19-15/h5-6,11,15,19H,3-4,7-10,12-13H2,1-2H3,(H,20,21). The van der Waals surface area contributed by atoms with E-state index in [0.717, 1.165) is 41.5 Å². The van der Waals surface area contributed by atoms with Crippen molar-refractivity contribution in [2.75, 3.05) is 37.8 Å². The monoisotopic (exact) mass is 352 g/mol. The molecule has 134 valence electrons. The summed E-state index contributed by atoms with van der Waals surface area (Å²) in [5.41, 5.74) is 1.13. The summed E-state index contributed by atoms with van der Waals surface area (Å²) in [5, 5.41) is 6.40. The van der Waals surface area contributed by atoms with E-state index >= 15 is 0 Å². The van der Waals surface area contributed by atoms with Crippen molar-refractivity contribution in [1.29, 1.82) is 0 Å². The number of hydrogen-bond donors (Lipinski definition) is 2. The van der Waals surface area contributed by atoms with Gasteiger partial charge in [-0.15, -0.1) is 0 Å². The molecule has 1 atom stereocenters. The van der Waals surface area contributed by atoms with Crippen molar-refractivity contribution in [2.24, 2.45) is 0 Å². The van der Waals surface area contributed by atoms with Crippen LogP contribution in [0.4, 0.5) is 0 Å². The van der Waals surface area contributed by atoms with Crippen molar-refractivity contribution >= 4 is 17.7 Å². The molecule has 0 spiro atoms.